The number of halogens is 3. The molecule has 0 aliphatic carbocycles. The molecule has 216 valence electrons. The fourth-order valence-corrected chi connectivity index (χ4v) is 6.57. The maximum atomic E-state index is 15.3. The second-order valence-corrected chi connectivity index (χ2v) is 12.4. The molecule has 0 saturated carbocycles. The van der Waals surface area contributed by atoms with Crippen molar-refractivity contribution in [2.24, 2.45) is 5.92 Å². The minimum Gasteiger partial charge on any atom is -0.477 e. The lowest BCUT2D eigenvalue weighted by molar-refractivity contribution is -0.117. The lowest BCUT2D eigenvalue weighted by Gasteiger charge is -2.35. The van der Waals surface area contributed by atoms with E-state index >= 15 is 8.78 Å². The van der Waals surface area contributed by atoms with Crippen LogP contribution >= 0.6 is 11.6 Å². The number of piperazine rings is 1. The predicted octanol–water partition coefficient (Wildman–Crippen LogP) is 3.85. The van der Waals surface area contributed by atoms with Gasteiger partial charge in [0, 0.05) is 62.2 Å². The van der Waals surface area contributed by atoms with E-state index in [-0.39, 0.29) is 59.6 Å². The van der Waals surface area contributed by atoms with Crippen molar-refractivity contribution in [2.75, 3.05) is 42.5 Å². The number of carboxylic acids is 1. The highest BCUT2D eigenvalue weighted by atomic mass is 35.5. The number of hydrogen-bond donors (Lipinski definition) is 1. The third kappa shape index (κ3) is 5.74. The average molecular weight is 606 g/mol. The van der Waals surface area contributed by atoms with E-state index < -0.39 is 33.0 Å². The molecular formula is C27H26ClF2N5O5S. The van der Waals surface area contributed by atoms with Gasteiger partial charge in [0.2, 0.25) is 15.9 Å². The number of carbonyl (C=O) groups is 2. The van der Waals surface area contributed by atoms with E-state index in [4.69, 9.17) is 16.7 Å². The highest BCUT2D eigenvalue weighted by Crippen LogP contribution is 2.38. The van der Waals surface area contributed by atoms with E-state index in [1.807, 2.05) is 6.92 Å². The molecule has 4 heterocycles. The molecule has 0 radical (unpaired) electrons. The molecule has 1 amide bonds. The quantitative estimate of drug-likeness (QED) is 0.403. The summed E-state index contributed by atoms with van der Waals surface area (Å²) in [5, 5.41) is 8.81. The summed E-state index contributed by atoms with van der Waals surface area (Å²) < 4.78 is 58.5. The highest BCUT2D eigenvalue weighted by Gasteiger charge is 2.37. The lowest BCUT2D eigenvalue weighted by Crippen LogP contribution is -2.49. The first-order chi connectivity index (χ1) is 19.4. The Morgan fingerprint density at radius 3 is 2.29 bits per heavy atom. The number of aromatic carboxylic acids is 1. The Morgan fingerprint density at radius 2 is 1.73 bits per heavy atom. The van der Waals surface area contributed by atoms with Crippen LogP contribution in [0.3, 0.4) is 0 Å². The molecule has 2 aliphatic heterocycles. The van der Waals surface area contributed by atoms with Crippen molar-refractivity contribution in [1.82, 2.24) is 14.3 Å². The van der Waals surface area contributed by atoms with Gasteiger partial charge in [-0.05, 0) is 54.4 Å². The van der Waals surface area contributed by atoms with E-state index in [9.17, 15) is 18.0 Å². The normalized spacial score (nSPS) is 18.6. The van der Waals surface area contributed by atoms with Gasteiger partial charge in [-0.1, -0.05) is 18.5 Å². The van der Waals surface area contributed by atoms with Crippen molar-refractivity contribution in [3.8, 4) is 0 Å². The van der Waals surface area contributed by atoms with E-state index in [1.165, 1.54) is 22.5 Å². The van der Waals surface area contributed by atoms with Gasteiger partial charge in [0.25, 0.3) is 5.92 Å². The van der Waals surface area contributed by atoms with Gasteiger partial charge in [-0.15, -0.1) is 0 Å². The standard InChI is InChI=1S/C27H26ClF2N5O5S/c1-17-12-25(36)35(16-17)20-3-5-21(6-4-20)41(39,40)34-10-8-33(9-11-34)24-14-19(13-23(28)32-24)27(29,30)18-2-7-22(26(37)38)31-15-18/h2-7,13-15,17H,8-12,16H2,1H3,(H,37,38)/t17-/m1/s1. The Bertz CT molecular complexity index is 1580. The monoisotopic (exact) mass is 605 g/mol. The van der Waals surface area contributed by atoms with Crippen LogP contribution in [0.5, 0.6) is 0 Å². The lowest BCUT2D eigenvalue weighted by atomic mass is 10.0. The molecule has 0 bridgehead atoms. The number of carboxylic acid groups (broad SMARTS) is 1. The van der Waals surface area contributed by atoms with Gasteiger partial charge in [-0.25, -0.2) is 23.2 Å². The summed E-state index contributed by atoms with van der Waals surface area (Å²) in [7, 11) is -3.83. The number of aromatic nitrogens is 2. The fraction of sp³-hybridized carbons (Fsp3) is 0.333. The highest BCUT2D eigenvalue weighted by molar-refractivity contribution is 7.89. The fourth-order valence-electron chi connectivity index (χ4n) is 4.94. The Balaban J connectivity index is 1.29. The first-order valence-electron chi connectivity index (χ1n) is 12.8. The summed E-state index contributed by atoms with van der Waals surface area (Å²) in [6, 6.07) is 10.4. The molecule has 1 aromatic carbocycles. The minimum absolute atomic E-state index is 0.00697. The Kier molecular flexibility index (Phi) is 7.70. The van der Waals surface area contributed by atoms with Crippen LogP contribution in [-0.4, -0.2) is 72.4 Å². The molecule has 14 heteroatoms. The van der Waals surface area contributed by atoms with Gasteiger partial charge in [-0.2, -0.15) is 13.1 Å². The van der Waals surface area contributed by atoms with Crippen molar-refractivity contribution < 1.29 is 31.9 Å². The van der Waals surface area contributed by atoms with E-state index in [2.05, 4.69) is 9.97 Å². The SMILES string of the molecule is C[C@@H]1CC(=O)N(c2ccc(S(=O)(=O)N3CCN(c4cc(C(F)(F)c5ccc(C(=O)O)nc5)cc(Cl)n4)CC3)cc2)C1. The maximum Gasteiger partial charge on any atom is 0.354 e. The summed E-state index contributed by atoms with van der Waals surface area (Å²) in [5.74, 6) is -4.47. The molecule has 41 heavy (non-hydrogen) atoms. The number of benzene rings is 1. The summed E-state index contributed by atoms with van der Waals surface area (Å²) in [6.07, 6.45) is 1.26. The zero-order valence-corrected chi connectivity index (χ0v) is 23.4. The molecule has 2 aliphatic rings. The van der Waals surface area contributed by atoms with Gasteiger partial charge in [-0.3, -0.25) is 4.79 Å². The van der Waals surface area contributed by atoms with Crippen LogP contribution in [0.15, 0.2) is 59.6 Å². The van der Waals surface area contributed by atoms with Crippen LogP contribution in [-0.2, 0) is 20.7 Å². The van der Waals surface area contributed by atoms with E-state index in [0.717, 1.165) is 24.4 Å². The first kappa shape index (κ1) is 28.8. The van der Waals surface area contributed by atoms with E-state index in [0.29, 0.717) is 18.7 Å². The van der Waals surface area contributed by atoms with Gasteiger partial charge >= 0.3 is 5.97 Å². The zero-order valence-electron chi connectivity index (χ0n) is 21.9. The molecule has 2 aromatic heterocycles. The molecule has 5 rings (SSSR count). The topological polar surface area (TPSA) is 124 Å². The number of pyridine rings is 2. The van der Waals surface area contributed by atoms with Crippen molar-refractivity contribution in [3.63, 3.8) is 0 Å². The molecule has 3 aromatic rings. The number of amides is 1. The summed E-state index contributed by atoms with van der Waals surface area (Å²) >= 11 is 6.09. The average Bonchev–Trinajstić information content (AvgIpc) is 3.30. The first-order valence-corrected chi connectivity index (χ1v) is 14.6. The number of anilines is 2. The van der Waals surface area contributed by atoms with Crippen LogP contribution in [0.1, 0.15) is 35.0 Å². The van der Waals surface area contributed by atoms with Crippen LogP contribution in [0.2, 0.25) is 5.15 Å². The molecule has 10 nitrogen and oxygen atoms in total. The number of hydrogen-bond acceptors (Lipinski definition) is 7. The second-order valence-electron chi connectivity index (χ2n) is 10.0. The van der Waals surface area contributed by atoms with Gasteiger partial charge in [0.1, 0.15) is 16.7 Å². The van der Waals surface area contributed by atoms with Gasteiger partial charge in [0.15, 0.2) is 0 Å². The third-order valence-corrected chi connectivity index (χ3v) is 9.26. The smallest absolute Gasteiger partial charge is 0.354 e. The minimum atomic E-state index is -3.83. The van der Waals surface area contributed by atoms with Crippen LogP contribution in [0.25, 0.3) is 0 Å². The predicted molar refractivity (Wildman–Crippen MR) is 147 cm³/mol. The van der Waals surface area contributed by atoms with Gasteiger partial charge in [0.05, 0.1) is 4.90 Å². The second kappa shape index (κ2) is 11.0. The molecule has 1 N–H and O–H groups in total. The number of carbonyl (C=O) groups excluding carboxylic acids is 1. The Hall–Kier alpha value is -3.68. The van der Waals surface area contributed by atoms with Gasteiger partial charge < -0.3 is 14.9 Å². The molecule has 0 unspecified atom stereocenters. The molecule has 2 saturated heterocycles. The number of sulfonamides is 1. The zero-order chi connectivity index (χ0) is 29.5. The van der Waals surface area contributed by atoms with E-state index in [1.54, 1.807) is 21.9 Å². The third-order valence-electron chi connectivity index (χ3n) is 7.16. The summed E-state index contributed by atoms with van der Waals surface area (Å²) in [5.41, 5.74) is -0.686. The summed E-state index contributed by atoms with van der Waals surface area (Å²) in [4.78, 5) is 34.4. The molecule has 0 spiro atoms. The Labute approximate surface area is 240 Å². The van der Waals surface area contributed by atoms with Crippen LogP contribution in [0, 0.1) is 5.92 Å². The summed E-state index contributed by atoms with van der Waals surface area (Å²) in [6.45, 7) is 3.13. The molecule has 1 atom stereocenters. The van der Waals surface area contributed by atoms with Crippen molar-refractivity contribution in [3.05, 3.63) is 76.7 Å². The Morgan fingerprint density at radius 1 is 1.05 bits per heavy atom. The van der Waals surface area contributed by atoms with Crippen LogP contribution in [0.4, 0.5) is 20.3 Å². The molecule has 2 fully saturated rings. The van der Waals surface area contributed by atoms with Crippen molar-refractivity contribution in [1.29, 1.82) is 0 Å². The largest absolute Gasteiger partial charge is 0.477 e. The van der Waals surface area contributed by atoms with Crippen molar-refractivity contribution in [2.45, 2.75) is 24.2 Å². The van der Waals surface area contributed by atoms with Crippen LogP contribution < -0.4 is 9.80 Å². The number of alkyl halides is 2. The molecular weight excluding hydrogens is 580 g/mol. The maximum absolute atomic E-state index is 15.3. The number of rotatable bonds is 7. The number of nitrogens with zero attached hydrogens (tertiary/aromatic N) is 5. The van der Waals surface area contributed by atoms with Crippen molar-refractivity contribution >= 4 is 45.0 Å².